The van der Waals surface area contributed by atoms with Crippen molar-refractivity contribution < 1.29 is 23.0 Å². The van der Waals surface area contributed by atoms with E-state index in [1.807, 2.05) is 0 Å². The highest BCUT2D eigenvalue weighted by molar-refractivity contribution is 7.92. The van der Waals surface area contributed by atoms with Crippen molar-refractivity contribution in [3.63, 3.8) is 0 Å². The zero-order valence-corrected chi connectivity index (χ0v) is 12.9. The van der Waals surface area contributed by atoms with E-state index >= 15 is 0 Å². The molecule has 1 saturated carbocycles. The van der Waals surface area contributed by atoms with Crippen molar-refractivity contribution in [1.82, 2.24) is 0 Å². The number of aliphatic hydroxyl groups excluding tert-OH is 1. The van der Waals surface area contributed by atoms with E-state index < -0.39 is 27.0 Å². The molecule has 7 heteroatoms. The maximum atomic E-state index is 12.8. The van der Waals surface area contributed by atoms with Crippen LogP contribution in [0.25, 0.3) is 0 Å². The summed E-state index contributed by atoms with van der Waals surface area (Å²) in [6.07, 6.45) is 0.0170. The minimum absolute atomic E-state index is 0.0470. The molecule has 0 aromatic heterocycles. The fourth-order valence-corrected chi connectivity index (χ4v) is 5.43. The van der Waals surface area contributed by atoms with Gasteiger partial charge in [-0.25, -0.2) is 8.42 Å². The van der Waals surface area contributed by atoms with Crippen LogP contribution in [0.5, 0.6) is 0 Å². The second-order valence-corrected chi connectivity index (χ2v) is 7.97. The maximum absolute atomic E-state index is 12.8. The van der Waals surface area contributed by atoms with Gasteiger partial charge in [0, 0.05) is 12.8 Å². The van der Waals surface area contributed by atoms with Crippen molar-refractivity contribution in [3.05, 3.63) is 29.3 Å². The van der Waals surface area contributed by atoms with Crippen LogP contribution in [0.4, 0.5) is 0 Å². The van der Waals surface area contributed by atoms with Gasteiger partial charge in [-0.15, -0.1) is 0 Å². The highest BCUT2D eigenvalue weighted by Gasteiger charge is 2.49. The van der Waals surface area contributed by atoms with Gasteiger partial charge in [-0.1, -0.05) is 23.7 Å². The maximum Gasteiger partial charge on any atom is 0.185 e. The highest BCUT2D eigenvalue weighted by atomic mass is 35.5. The Bertz CT molecular complexity index is 624. The molecule has 2 atom stereocenters. The van der Waals surface area contributed by atoms with Crippen LogP contribution in [0.1, 0.15) is 19.3 Å². The van der Waals surface area contributed by atoms with Crippen LogP contribution in [0, 0.1) is 0 Å². The van der Waals surface area contributed by atoms with Crippen LogP contribution < -0.4 is 0 Å². The number of ether oxygens (including phenoxy) is 2. The van der Waals surface area contributed by atoms with Crippen molar-refractivity contribution in [2.45, 2.75) is 41.3 Å². The standard InChI is InChI=1S/C14H17ClO5S/c15-10-3-1-2-4-12(10)21(17,18)13-9-14(6-5-11(13)16)19-7-8-20-14/h1-4,11,13,16H,5-9H2. The lowest BCUT2D eigenvalue weighted by Gasteiger charge is -2.38. The molecule has 1 saturated heterocycles. The quantitative estimate of drug-likeness (QED) is 0.893. The second kappa shape index (κ2) is 5.52. The molecule has 0 bridgehead atoms. The molecule has 0 amide bonds. The van der Waals surface area contributed by atoms with Gasteiger partial charge in [0.05, 0.1) is 34.5 Å². The van der Waals surface area contributed by atoms with Crippen molar-refractivity contribution in [2.75, 3.05) is 13.2 Å². The second-order valence-electron chi connectivity index (χ2n) is 5.43. The molecule has 116 valence electrons. The largest absolute Gasteiger partial charge is 0.392 e. The normalized spacial score (nSPS) is 28.9. The number of aliphatic hydroxyl groups is 1. The SMILES string of the molecule is O=S(=O)(c1ccccc1Cl)C1CC2(CCC1O)OCCO2. The summed E-state index contributed by atoms with van der Waals surface area (Å²) in [5.74, 6) is -0.877. The summed E-state index contributed by atoms with van der Waals surface area (Å²) in [6.45, 7) is 0.907. The minimum Gasteiger partial charge on any atom is -0.392 e. The van der Waals surface area contributed by atoms with Gasteiger partial charge < -0.3 is 14.6 Å². The molecule has 21 heavy (non-hydrogen) atoms. The van der Waals surface area contributed by atoms with Crippen molar-refractivity contribution in [2.24, 2.45) is 0 Å². The van der Waals surface area contributed by atoms with E-state index in [4.69, 9.17) is 21.1 Å². The van der Waals surface area contributed by atoms with Gasteiger partial charge in [0.2, 0.25) is 0 Å². The molecule has 2 fully saturated rings. The molecule has 1 aromatic carbocycles. The monoisotopic (exact) mass is 332 g/mol. The number of benzene rings is 1. The zero-order valence-electron chi connectivity index (χ0n) is 11.4. The van der Waals surface area contributed by atoms with Gasteiger partial charge in [-0.05, 0) is 18.6 Å². The van der Waals surface area contributed by atoms with Crippen LogP contribution in [0.2, 0.25) is 5.02 Å². The minimum atomic E-state index is -3.75. The van der Waals surface area contributed by atoms with Crippen LogP contribution in [-0.2, 0) is 19.3 Å². The van der Waals surface area contributed by atoms with E-state index in [9.17, 15) is 13.5 Å². The predicted molar refractivity (Wildman–Crippen MR) is 76.9 cm³/mol. The lowest BCUT2D eigenvalue weighted by Crippen LogP contribution is -2.48. The zero-order chi connectivity index (χ0) is 15.1. The summed E-state index contributed by atoms with van der Waals surface area (Å²) in [7, 11) is -3.75. The smallest absolute Gasteiger partial charge is 0.185 e. The molecule has 1 N–H and O–H groups in total. The highest BCUT2D eigenvalue weighted by Crippen LogP contribution is 2.40. The van der Waals surface area contributed by atoms with E-state index in [-0.39, 0.29) is 16.3 Å². The molecule has 1 spiro atoms. The van der Waals surface area contributed by atoms with Crippen LogP contribution in [0.15, 0.2) is 29.2 Å². The van der Waals surface area contributed by atoms with E-state index in [0.29, 0.717) is 26.1 Å². The Morgan fingerprint density at radius 3 is 2.57 bits per heavy atom. The van der Waals surface area contributed by atoms with E-state index in [2.05, 4.69) is 0 Å². The molecule has 1 aromatic rings. The first-order valence-electron chi connectivity index (χ1n) is 6.89. The van der Waals surface area contributed by atoms with Gasteiger partial charge in [0.15, 0.2) is 15.6 Å². The summed E-state index contributed by atoms with van der Waals surface area (Å²) < 4.78 is 36.8. The first-order valence-corrected chi connectivity index (χ1v) is 8.81. The van der Waals surface area contributed by atoms with Gasteiger partial charge >= 0.3 is 0 Å². The number of halogens is 1. The molecule has 2 aliphatic rings. The lowest BCUT2D eigenvalue weighted by molar-refractivity contribution is -0.186. The third-order valence-electron chi connectivity index (χ3n) is 4.12. The molecule has 2 unspecified atom stereocenters. The average Bonchev–Trinajstić information content (AvgIpc) is 2.90. The van der Waals surface area contributed by atoms with Gasteiger partial charge in [0.25, 0.3) is 0 Å². The predicted octanol–water partition coefficient (Wildman–Crippen LogP) is 1.77. The third kappa shape index (κ3) is 2.71. The Kier molecular flexibility index (Phi) is 4.00. The Morgan fingerprint density at radius 1 is 1.24 bits per heavy atom. The fraction of sp³-hybridized carbons (Fsp3) is 0.571. The molecular weight excluding hydrogens is 316 g/mol. The topological polar surface area (TPSA) is 72.8 Å². The summed E-state index contributed by atoms with van der Waals surface area (Å²) in [5.41, 5.74) is 0. The summed E-state index contributed by atoms with van der Waals surface area (Å²) in [5, 5.41) is 9.36. The van der Waals surface area contributed by atoms with Gasteiger partial charge in [0.1, 0.15) is 0 Å². The summed E-state index contributed by atoms with van der Waals surface area (Å²) >= 11 is 6.00. The van der Waals surface area contributed by atoms with Crippen LogP contribution in [0.3, 0.4) is 0 Å². The van der Waals surface area contributed by atoms with Crippen molar-refractivity contribution in [3.8, 4) is 0 Å². The van der Waals surface area contributed by atoms with E-state index in [0.717, 1.165) is 0 Å². The Hall–Kier alpha value is -0.660. The van der Waals surface area contributed by atoms with Gasteiger partial charge in [-0.3, -0.25) is 0 Å². The number of hydrogen-bond acceptors (Lipinski definition) is 5. The lowest BCUT2D eigenvalue weighted by atomic mass is 9.91. The molecule has 0 radical (unpaired) electrons. The number of sulfone groups is 1. The van der Waals surface area contributed by atoms with E-state index in [1.165, 1.54) is 12.1 Å². The third-order valence-corrected chi connectivity index (χ3v) is 6.81. The Balaban J connectivity index is 1.95. The number of rotatable bonds is 2. The first-order chi connectivity index (χ1) is 9.95. The Morgan fingerprint density at radius 2 is 1.90 bits per heavy atom. The van der Waals surface area contributed by atoms with Crippen molar-refractivity contribution in [1.29, 1.82) is 0 Å². The van der Waals surface area contributed by atoms with Crippen LogP contribution in [-0.4, -0.2) is 43.9 Å². The van der Waals surface area contributed by atoms with Crippen LogP contribution >= 0.6 is 11.6 Å². The van der Waals surface area contributed by atoms with Gasteiger partial charge in [-0.2, -0.15) is 0 Å². The Labute approximate surface area is 128 Å². The molecular formula is C14H17ClO5S. The summed E-state index contributed by atoms with van der Waals surface area (Å²) in [6, 6.07) is 6.28. The molecule has 5 nitrogen and oxygen atoms in total. The molecule has 1 aliphatic carbocycles. The molecule has 3 rings (SSSR count). The van der Waals surface area contributed by atoms with Crippen molar-refractivity contribution >= 4 is 21.4 Å². The first kappa shape index (κ1) is 15.2. The number of hydrogen-bond donors (Lipinski definition) is 1. The summed E-state index contributed by atoms with van der Waals surface area (Å²) in [4.78, 5) is 0.0470. The average molecular weight is 333 g/mol. The molecule has 1 aliphatic heterocycles. The fourth-order valence-electron chi connectivity index (χ4n) is 3.01. The molecule has 1 heterocycles. The van der Waals surface area contributed by atoms with E-state index in [1.54, 1.807) is 12.1 Å².